The Labute approximate surface area is 106 Å². The van der Waals surface area contributed by atoms with E-state index in [4.69, 9.17) is 5.11 Å². The van der Waals surface area contributed by atoms with Gasteiger partial charge < -0.3 is 10.2 Å². The summed E-state index contributed by atoms with van der Waals surface area (Å²) < 4.78 is 0. The van der Waals surface area contributed by atoms with Gasteiger partial charge in [-0.05, 0) is 6.42 Å². The molecule has 16 heavy (non-hydrogen) atoms. The number of carboxylic acid groups (broad SMARTS) is 1. The van der Waals surface area contributed by atoms with Crippen molar-refractivity contribution in [2.45, 2.75) is 58.0 Å². The van der Waals surface area contributed by atoms with Crippen LogP contribution in [0.15, 0.2) is 0 Å². The molecule has 0 fully saturated rings. The molecule has 0 saturated heterocycles. The summed E-state index contributed by atoms with van der Waals surface area (Å²) in [5.41, 5.74) is 0. The van der Waals surface area contributed by atoms with Gasteiger partial charge in [-0.15, -0.1) is 0 Å². The molecule has 0 spiro atoms. The molecule has 0 bridgehead atoms. The number of alkyl halides is 1. The predicted octanol–water partition coefficient (Wildman–Crippen LogP) is 3.19. The molecule has 2 unspecified atom stereocenters. The average Bonchev–Trinajstić information content (AvgIpc) is 2.26. The van der Waals surface area contributed by atoms with Crippen molar-refractivity contribution in [1.82, 2.24) is 0 Å². The number of rotatable bonds is 10. The van der Waals surface area contributed by atoms with Crippen molar-refractivity contribution >= 4 is 21.9 Å². The summed E-state index contributed by atoms with van der Waals surface area (Å²) in [6, 6.07) is 0. The molecule has 0 rings (SSSR count). The van der Waals surface area contributed by atoms with Crippen molar-refractivity contribution < 1.29 is 15.0 Å². The van der Waals surface area contributed by atoms with Gasteiger partial charge in [-0.1, -0.05) is 61.4 Å². The highest BCUT2D eigenvalue weighted by Crippen LogP contribution is 2.17. The van der Waals surface area contributed by atoms with E-state index in [2.05, 4.69) is 22.9 Å². The summed E-state index contributed by atoms with van der Waals surface area (Å²) in [5.74, 6) is -1.51. The Hall–Kier alpha value is -0.0900. The molecule has 0 aromatic carbocycles. The van der Waals surface area contributed by atoms with Gasteiger partial charge in [0.1, 0.15) is 0 Å². The number of halogens is 1. The van der Waals surface area contributed by atoms with Gasteiger partial charge in [-0.2, -0.15) is 0 Å². The van der Waals surface area contributed by atoms with Crippen LogP contribution in [0.2, 0.25) is 0 Å². The first kappa shape index (κ1) is 15.9. The quantitative estimate of drug-likeness (QED) is 0.480. The van der Waals surface area contributed by atoms with Crippen LogP contribution in [0.4, 0.5) is 0 Å². The average molecular weight is 295 g/mol. The zero-order valence-electron chi connectivity index (χ0n) is 9.99. The molecule has 96 valence electrons. The Morgan fingerprint density at radius 1 is 1.19 bits per heavy atom. The first-order chi connectivity index (χ1) is 7.63. The van der Waals surface area contributed by atoms with Crippen molar-refractivity contribution in [3.05, 3.63) is 0 Å². The SMILES string of the molecule is CCCCCCCCC(C(=O)O)C(O)CBr. The Kier molecular flexibility index (Phi) is 10.0. The summed E-state index contributed by atoms with van der Waals surface area (Å²) in [6.07, 6.45) is 6.65. The molecule has 2 N–H and O–H groups in total. The number of hydrogen-bond acceptors (Lipinski definition) is 2. The molecule has 0 aliphatic heterocycles. The number of aliphatic hydroxyl groups excluding tert-OH is 1. The number of hydrogen-bond donors (Lipinski definition) is 2. The third kappa shape index (κ3) is 7.23. The standard InChI is InChI=1S/C12H23BrO3/c1-2-3-4-5-6-7-8-10(12(15)16)11(14)9-13/h10-11,14H,2-9H2,1H3,(H,15,16). The second-order valence-corrected chi connectivity index (χ2v) is 4.87. The highest BCUT2D eigenvalue weighted by molar-refractivity contribution is 9.09. The van der Waals surface area contributed by atoms with Crippen molar-refractivity contribution in [2.24, 2.45) is 5.92 Å². The first-order valence-electron chi connectivity index (χ1n) is 6.10. The lowest BCUT2D eigenvalue weighted by Crippen LogP contribution is -2.29. The largest absolute Gasteiger partial charge is 0.481 e. The number of unbranched alkanes of at least 4 members (excludes halogenated alkanes) is 5. The maximum atomic E-state index is 10.9. The van der Waals surface area contributed by atoms with Gasteiger partial charge >= 0.3 is 5.97 Å². The fourth-order valence-electron chi connectivity index (χ4n) is 1.73. The topological polar surface area (TPSA) is 57.5 Å². The maximum Gasteiger partial charge on any atom is 0.309 e. The summed E-state index contributed by atoms with van der Waals surface area (Å²) in [7, 11) is 0. The highest BCUT2D eigenvalue weighted by atomic mass is 79.9. The van der Waals surface area contributed by atoms with E-state index in [1.807, 2.05) is 0 Å². The second-order valence-electron chi connectivity index (χ2n) is 4.22. The maximum absolute atomic E-state index is 10.9. The minimum absolute atomic E-state index is 0.333. The molecule has 2 atom stereocenters. The Morgan fingerprint density at radius 3 is 2.25 bits per heavy atom. The first-order valence-corrected chi connectivity index (χ1v) is 7.22. The Bertz CT molecular complexity index is 185. The minimum Gasteiger partial charge on any atom is -0.481 e. The smallest absolute Gasteiger partial charge is 0.309 e. The Morgan fingerprint density at radius 2 is 1.75 bits per heavy atom. The fourth-order valence-corrected chi connectivity index (χ4v) is 2.18. The summed E-state index contributed by atoms with van der Waals surface area (Å²) >= 11 is 3.11. The van der Waals surface area contributed by atoms with Crippen LogP contribution in [-0.4, -0.2) is 27.6 Å². The van der Waals surface area contributed by atoms with E-state index >= 15 is 0 Å². The molecular formula is C12H23BrO3. The van der Waals surface area contributed by atoms with Gasteiger partial charge in [-0.3, -0.25) is 4.79 Å². The zero-order chi connectivity index (χ0) is 12.4. The summed E-state index contributed by atoms with van der Waals surface area (Å²) in [6.45, 7) is 2.17. The van der Waals surface area contributed by atoms with Gasteiger partial charge in [0.15, 0.2) is 0 Å². The van der Waals surface area contributed by atoms with E-state index in [9.17, 15) is 9.90 Å². The third-order valence-corrected chi connectivity index (χ3v) is 3.47. The van der Waals surface area contributed by atoms with Crippen LogP contribution in [0, 0.1) is 5.92 Å². The number of carbonyl (C=O) groups is 1. The van der Waals surface area contributed by atoms with Crippen molar-refractivity contribution in [3.63, 3.8) is 0 Å². The van der Waals surface area contributed by atoms with Gasteiger partial charge in [0.2, 0.25) is 0 Å². The molecule has 0 radical (unpaired) electrons. The molecule has 0 aliphatic carbocycles. The molecule has 0 aromatic heterocycles. The number of aliphatic carboxylic acids is 1. The number of carboxylic acids is 1. The molecule has 0 aromatic rings. The monoisotopic (exact) mass is 294 g/mol. The van der Waals surface area contributed by atoms with E-state index < -0.39 is 18.0 Å². The lowest BCUT2D eigenvalue weighted by Gasteiger charge is -2.16. The summed E-state index contributed by atoms with van der Waals surface area (Å²) in [5, 5.41) is 18.8. The van der Waals surface area contributed by atoms with Gasteiger partial charge in [-0.25, -0.2) is 0 Å². The molecule has 0 heterocycles. The Balaban J connectivity index is 3.65. The van der Waals surface area contributed by atoms with Crippen molar-refractivity contribution in [3.8, 4) is 0 Å². The molecule has 0 aliphatic rings. The van der Waals surface area contributed by atoms with E-state index in [0.29, 0.717) is 11.8 Å². The third-order valence-electron chi connectivity index (χ3n) is 2.81. The normalized spacial score (nSPS) is 14.7. The minimum atomic E-state index is -0.888. The molecule has 4 heteroatoms. The van der Waals surface area contributed by atoms with Crippen LogP contribution < -0.4 is 0 Å². The molecule has 0 amide bonds. The number of aliphatic hydroxyl groups is 1. The van der Waals surface area contributed by atoms with E-state index in [-0.39, 0.29) is 0 Å². The van der Waals surface area contributed by atoms with Crippen molar-refractivity contribution in [2.75, 3.05) is 5.33 Å². The van der Waals surface area contributed by atoms with Crippen LogP contribution >= 0.6 is 15.9 Å². The fraction of sp³-hybridized carbons (Fsp3) is 0.917. The zero-order valence-corrected chi connectivity index (χ0v) is 11.6. The molecule has 3 nitrogen and oxygen atoms in total. The van der Waals surface area contributed by atoms with E-state index in [1.54, 1.807) is 0 Å². The lowest BCUT2D eigenvalue weighted by atomic mass is 9.96. The van der Waals surface area contributed by atoms with Gasteiger partial charge in [0.05, 0.1) is 12.0 Å². The van der Waals surface area contributed by atoms with Gasteiger partial charge in [0.25, 0.3) is 0 Å². The summed E-state index contributed by atoms with van der Waals surface area (Å²) in [4.78, 5) is 10.9. The molecular weight excluding hydrogens is 272 g/mol. The van der Waals surface area contributed by atoms with Crippen LogP contribution in [0.25, 0.3) is 0 Å². The van der Waals surface area contributed by atoms with Crippen LogP contribution in [0.5, 0.6) is 0 Å². The molecule has 0 saturated carbocycles. The van der Waals surface area contributed by atoms with E-state index in [0.717, 1.165) is 12.8 Å². The predicted molar refractivity (Wildman–Crippen MR) is 68.9 cm³/mol. The van der Waals surface area contributed by atoms with Crippen LogP contribution in [0.1, 0.15) is 51.9 Å². The highest BCUT2D eigenvalue weighted by Gasteiger charge is 2.24. The van der Waals surface area contributed by atoms with Crippen molar-refractivity contribution in [1.29, 1.82) is 0 Å². The van der Waals surface area contributed by atoms with Gasteiger partial charge in [0, 0.05) is 5.33 Å². The van der Waals surface area contributed by atoms with E-state index in [1.165, 1.54) is 25.7 Å². The second kappa shape index (κ2) is 10.1. The van der Waals surface area contributed by atoms with Crippen LogP contribution in [-0.2, 0) is 4.79 Å². The van der Waals surface area contributed by atoms with Crippen LogP contribution in [0.3, 0.4) is 0 Å². The lowest BCUT2D eigenvalue weighted by molar-refractivity contribution is -0.145.